The lowest BCUT2D eigenvalue weighted by atomic mass is 9.86. The van der Waals surface area contributed by atoms with E-state index in [1.807, 2.05) is 19.6 Å². The second-order valence-electron chi connectivity index (χ2n) is 14.0. The van der Waals surface area contributed by atoms with Crippen molar-refractivity contribution in [1.82, 2.24) is 0 Å². The van der Waals surface area contributed by atoms with Crippen LogP contribution in [0.3, 0.4) is 0 Å². The molecule has 0 amide bonds. The third kappa shape index (κ3) is 10.7. The van der Waals surface area contributed by atoms with Crippen LogP contribution in [0.15, 0.2) is 0 Å². The molecule has 230 valence electrons. The number of hydrogen-bond donors (Lipinski definition) is 0. The summed E-state index contributed by atoms with van der Waals surface area (Å²) < 4.78 is 50.4. The Balaban J connectivity index is 0.000000153. The van der Waals surface area contributed by atoms with Gasteiger partial charge in [0.15, 0.2) is 0 Å². The Morgan fingerprint density at radius 2 is 1.07 bits per heavy atom. The molecule has 3 aliphatic heterocycles. The van der Waals surface area contributed by atoms with E-state index < -0.39 is 35.0 Å². The summed E-state index contributed by atoms with van der Waals surface area (Å²) in [6.45, 7) is 10.4. The summed E-state index contributed by atoms with van der Waals surface area (Å²) in [6, 6.07) is 0.847. The highest BCUT2D eigenvalue weighted by Gasteiger charge is 2.46. The van der Waals surface area contributed by atoms with Crippen molar-refractivity contribution in [1.29, 1.82) is 0 Å². The van der Waals surface area contributed by atoms with E-state index in [4.69, 9.17) is 22.4 Å². The summed E-state index contributed by atoms with van der Waals surface area (Å²) >= 11 is 0. The Morgan fingerprint density at radius 3 is 1.43 bits per heavy atom. The maximum atomic E-state index is 11.3. The Labute approximate surface area is 249 Å². The number of hydrogen-bond acceptors (Lipinski definition) is 7. The third-order valence-electron chi connectivity index (χ3n) is 9.80. The molecule has 10 atom stereocenters. The summed E-state index contributed by atoms with van der Waals surface area (Å²) in [5, 5.41) is 0. The summed E-state index contributed by atoms with van der Waals surface area (Å²) in [5.74, 6) is 2.66. The van der Waals surface area contributed by atoms with Gasteiger partial charge in [0.25, 0.3) is 8.92 Å². The minimum absolute atomic E-state index is 0.491. The molecule has 6 aliphatic rings. The quantitative estimate of drug-likeness (QED) is 0.195. The summed E-state index contributed by atoms with van der Waals surface area (Å²) in [6.07, 6.45) is 22.2. The average Bonchev–Trinajstić information content (AvgIpc) is 3.80. The molecule has 0 aromatic rings. The number of fused-ring (bicyclic) bond motifs is 3. The Kier molecular flexibility index (Phi) is 12.6. The van der Waals surface area contributed by atoms with Gasteiger partial charge in [0.2, 0.25) is 7.83 Å². The van der Waals surface area contributed by atoms with Crippen LogP contribution in [-0.4, -0.2) is 71.6 Å². The van der Waals surface area contributed by atoms with Gasteiger partial charge < -0.3 is 31.4 Å². The van der Waals surface area contributed by atoms with Crippen molar-refractivity contribution in [3.8, 4) is 0 Å². The van der Waals surface area contributed by atoms with Gasteiger partial charge in [-0.2, -0.15) is 0 Å². The third-order valence-corrected chi connectivity index (χ3v) is 20.5. The van der Waals surface area contributed by atoms with Crippen LogP contribution in [0.2, 0.25) is 25.7 Å². The van der Waals surface area contributed by atoms with E-state index in [-0.39, 0.29) is 0 Å². The predicted molar refractivity (Wildman–Crippen MR) is 164 cm³/mol. The van der Waals surface area contributed by atoms with E-state index >= 15 is 0 Å². The van der Waals surface area contributed by atoms with E-state index in [0.717, 1.165) is 30.7 Å². The molecule has 0 aromatic carbocycles. The molecule has 10 unspecified atom stereocenters. The fourth-order valence-electron chi connectivity index (χ4n) is 7.35. The van der Waals surface area contributed by atoms with Gasteiger partial charge in [-0.05, 0) is 102 Å². The fraction of sp³-hybridized carbons (Fsp3) is 1.00. The highest BCUT2D eigenvalue weighted by atomic mass is 29.2. The molecular formula is C29H56O7Si4. The Hall–Kier alpha value is 0.108. The van der Waals surface area contributed by atoms with Crippen LogP contribution < -0.4 is 0 Å². The van der Waals surface area contributed by atoms with E-state index in [1.165, 1.54) is 77.0 Å². The van der Waals surface area contributed by atoms with Crippen molar-refractivity contribution in [2.24, 2.45) is 17.8 Å². The molecule has 3 saturated carbocycles. The van der Waals surface area contributed by atoms with Gasteiger partial charge in [-0.1, -0.05) is 39.5 Å². The van der Waals surface area contributed by atoms with Crippen LogP contribution in [0.4, 0.5) is 0 Å². The molecule has 3 saturated heterocycles. The van der Waals surface area contributed by atoms with Gasteiger partial charge in [-0.15, -0.1) is 0 Å². The second-order valence-corrected chi connectivity index (χ2v) is 27.0. The normalized spacial score (nSPS) is 38.3. The minimum Gasteiger partial charge on any atom is -0.561 e. The largest absolute Gasteiger partial charge is 0.561 e. The zero-order valence-corrected chi connectivity index (χ0v) is 30.1. The number of ether oxygens (including phenoxy) is 3. The highest BCUT2D eigenvalue weighted by Crippen LogP contribution is 2.43. The molecule has 0 N–H and O–H groups in total. The fourth-order valence-corrected chi connectivity index (χ4v) is 17.9. The lowest BCUT2D eigenvalue weighted by Gasteiger charge is -2.33. The van der Waals surface area contributed by atoms with Gasteiger partial charge >= 0.3 is 18.2 Å². The molecule has 40 heavy (non-hydrogen) atoms. The molecule has 0 bridgehead atoms. The summed E-state index contributed by atoms with van der Waals surface area (Å²) in [5.41, 5.74) is 0. The first-order valence-electron chi connectivity index (χ1n) is 16.4. The highest BCUT2D eigenvalue weighted by molar-refractivity contribution is 7.16. The van der Waals surface area contributed by atoms with Crippen molar-refractivity contribution in [2.45, 2.75) is 166 Å². The van der Waals surface area contributed by atoms with Gasteiger partial charge in [0.05, 0.1) is 36.6 Å². The van der Waals surface area contributed by atoms with E-state index in [9.17, 15) is 8.92 Å². The molecule has 3 heterocycles. The molecule has 11 heteroatoms. The molecule has 6 rings (SSSR count). The standard InChI is InChI=1S/C11H24O5Si4.2C9H16O/c1-19(2,18-13)16-20(3,15-17-12)7-6-9-4-5-10-11(8-9)14-10;2*1-2-3-7-4-5-8-9(6-7)10-8/h9-11,17-18H,4-8H2,1-3H3;2*7-9H,2-6H2,1H3. The lowest BCUT2D eigenvalue weighted by molar-refractivity contribution is 0.338. The minimum atomic E-state index is -2.43. The van der Waals surface area contributed by atoms with E-state index in [0.29, 0.717) is 42.5 Å². The lowest BCUT2D eigenvalue weighted by Crippen LogP contribution is -2.50. The number of rotatable bonds is 12. The van der Waals surface area contributed by atoms with Crippen molar-refractivity contribution in [3.63, 3.8) is 0 Å². The van der Waals surface area contributed by atoms with Crippen LogP contribution in [-0.2, 0) is 31.4 Å². The molecule has 0 radical (unpaired) electrons. The zero-order valence-electron chi connectivity index (χ0n) is 25.8. The predicted octanol–water partition coefficient (Wildman–Crippen LogP) is 5.94. The Morgan fingerprint density at radius 1 is 0.650 bits per heavy atom. The first kappa shape index (κ1) is 33.0. The van der Waals surface area contributed by atoms with Crippen LogP contribution in [0, 0.1) is 17.8 Å². The smallest absolute Gasteiger partial charge is 0.474 e. The molecular weight excluding hydrogens is 573 g/mol. The molecule has 3 aliphatic carbocycles. The van der Waals surface area contributed by atoms with Gasteiger partial charge in [0, 0.05) is 6.04 Å². The van der Waals surface area contributed by atoms with Crippen molar-refractivity contribution < 1.29 is 31.4 Å². The van der Waals surface area contributed by atoms with Gasteiger partial charge in [-0.25, -0.2) is 0 Å². The number of epoxide rings is 3. The Bertz CT molecular complexity index is 789. The maximum absolute atomic E-state index is 11.3. The first-order valence-corrected chi connectivity index (χ1v) is 25.1. The average molecular weight is 629 g/mol. The summed E-state index contributed by atoms with van der Waals surface area (Å²) in [7, 11) is -6.72. The van der Waals surface area contributed by atoms with E-state index in [2.05, 4.69) is 13.8 Å². The van der Waals surface area contributed by atoms with Crippen LogP contribution in [0.5, 0.6) is 0 Å². The molecule has 6 fully saturated rings. The molecule has 0 aromatic heterocycles. The molecule has 0 spiro atoms. The molecule has 7 nitrogen and oxygen atoms in total. The zero-order chi connectivity index (χ0) is 28.8. The summed E-state index contributed by atoms with van der Waals surface area (Å²) in [4.78, 5) is 0. The van der Waals surface area contributed by atoms with Gasteiger partial charge in [0.1, 0.15) is 0 Å². The van der Waals surface area contributed by atoms with Crippen molar-refractivity contribution in [3.05, 3.63) is 0 Å². The second kappa shape index (κ2) is 15.2. The van der Waals surface area contributed by atoms with Gasteiger partial charge in [-0.3, -0.25) is 0 Å². The maximum Gasteiger partial charge on any atom is 0.474 e. The van der Waals surface area contributed by atoms with Crippen LogP contribution >= 0.6 is 0 Å². The first-order chi connectivity index (χ1) is 19.2. The van der Waals surface area contributed by atoms with Crippen molar-refractivity contribution in [2.75, 3.05) is 0 Å². The monoisotopic (exact) mass is 628 g/mol. The van der Waals surface area contributed by atoms with E-state index in [1.54, 1.807) is 0 Å². The topological polar surface area (TPSA) is 90.2 Å². The van der Waals surface area contributed by atoms with Crippen LogP contribution in [0.25, 0.3) is 0 Å². The SMILES string of the molecule is CCCC1CCC2OC2C1.CCCC1CCC2OC2C1.C[Si](CCC1CCC2OC2C1)(O[SiH]=O)O[Si](C)(C)[SiH]=O. The van der Waals surface area contributed by atoms with Crippen molar-refractivity contribution >= 4 is 35.0 Å². The van der Waals surface area contributed by atoms with Crippen LogP contribution in [0.1, 0.15) is 104 Å².